The summed E-state index contributed by atoms with van der Waals surface area (Å²) in [7, 11) is 0. The molecule has 0 unspecified atom stereocenters. The van der Waals surface area contributed by atoms with E-state index in [0.29, 0.717) is 13.2 Å². The number of morpholine rings is 1. The van der Waals surface area contributed by atoms with E-state index in [4.69, 9.17) is 14.6 Å². The third-order valence-corrected chi connectivity index (χ3v) is 3.37. The first-order valence-corrected chi connectivity index (χ1v) is 7.12. The predicted octanol–water partition coefficient (Wildman–Crippen LogP) is 1.63. The van der Waals surface area contributed by atoms with Gasteiger partial charge in [0.15, 0.2) is 0 Å². The average Bonchev–Trinajstić information content (AvgIpc) is 2.51. The molecule has 0 radical (unpaired) electrons. The molecule has 0 saturated carbocycles. The van der Waals surface area contributed by atoms with Gasteiger partial charge in [0.05, 0.1) is 26.4 Å². The van der Waals surface area contributed by atoms with Crippen molar-refractivity contribution in [3.8, 4) is 0 Å². The number of nitrogens with zero attached hydrogens (tertiary/aromatic N) is 1. The summed E-state index contributed by atoms with van der Waals surface area (Å²) in [6.07, 6.45) is 2.75. The zero-order chi connectivity index (χ0) is 14.9. The van der Waals surface area contributed by atoms with Gasteiger partial charge in [0.25, 0.3) is 0 Å². The smallest absolute Gasteiger partial charge is 0.328 e. The fourth-order valence-electron chi connectivity index (χ4n) is 2.19. The lowest BCUT2D eigenvalue weighted by molar-refractivity contribution is -0.131. The summed E-state index contributed by atoms with van der Waals surface area (Å²) >= 11 is 0. The highest BCUT2D eigenvalue weighted by atomic mass is 16.5. The van der Waals surface area contributed by atoms with Gasteiger partial charge in [0, 0.05) is 25.7 Å². The lowest BCUT2D eigenvalue weighted by atomic mass is 10.1. The number of hydrogen-bond acceptors (Lipinski definition) is 4. The summed E-state index contributed by atoms with van der Waals surface area (Å²) in [6, 6.07) is 7.66. The van der Waals surface area contributed by atoms with Crippen molar-refractivity contribution in [2.45, 2.75) is 6.61 Å². The molecule has 1 N–H and O–H groups in total. The lowest BCUT2D eigenvalue weighted by Crippen LogP contribution is -2.38. The lowest BCUT2D eigenvalue weighted by Gasteiger charge is -2.26. The van der Waals surface area contributed by atoms with Crippen molar-refractivity contribution in [1.82, 2.24) is 4.90 Å². The second-order valence-electron chi connectivity index (χ2n) is 4.88. The van der Waals surface area contributed by atoms with Crippen LogP contribution in [-0.4, -0.2) is 55.4 Å². The molecular weight excluding hydrogens is 270 g/mol. The fraction of sp³-hybridized carbons (Fsp3) is 0.438. The first-order valence-electron chi connectivity index (χ1n) is 7.12. The van der Waals surface area contributed by atoms with Gasteiger partial charge >= 0.3 is 5.97 Å². The molecule has 0 atom stereocenters. The maximum absolute atomic E-state index is 10.6. The van der Waals surface area contributed by atoms with Crippen molar-refractivity contribution in [2.24, 2.45) is 0 Å². The Kier molecular flexibility index (Phi) is 6.40. The van der Waals surface area contributed by atoms with Gasteiger partial charge in [-0.25, -0.2) is 4.79 Å². The van der Waals surface area contributed by atoms with Crippen LogP contribution in [0.1, 0.15) is 11.1 Å². The van der Waals surface area contributed by atoms with Gasteiger partial charge in [0.2, 0.25) is 0 Å². The van der Waals surface area contributed by atoms with E-state index in [1.807, 2.05) is 24.3 Å². The van der Waals surface area contributed by atoms with E-state index in [1.54, 1.807) is 6.08 Å². The Labute approximate surface area is 124 Å². The minimum atomic E-state index is -0.946. The summed E-state index contributed by atoms with van der Waals surface area (Å²) in [6.45, 7) is 5.56. The van der Waals surface area contributed by atoms with Crippen LogP contribution in [0.15, 0.2) is 30.3 Å². The molecule has 1 fully saturated rings. The number of carbonyl (C=O) groups is 1. The van der Waals surface area contributed by atoms with E-state index in [1.165, 1.54) is 0 Å². The van der Waals surface area contributed by atoms with Crippen molar-refractivity contribution < 1.29 is 19.4 Å². The summed E-state index contributed by atoms with van der Waals surface area (Å²) in [5, 5.41) is 8.69. The first kappa shape index (κ1) is 15.7. The van der Waals surface area contributed by atoms with Crippen LogP contribution in [0.5, 0.6) is 0 Å². The molecule has 5 nitrogen and oxygen atoms in total. The van der Waals surface area contributed by atoms with E-state index >= 15 is 0 Å². The van der Waals surface area contributed by atoms with Gasteiger partial charge in [0.1, 0.15) is 0 Å². The van der Waals surface area contributed by atoms with Gasteiger partial charge in [-0.2, -0.15) is 0 Å². The van der Waals surface area contributed by atoms with Gasteiger partial charge in [-0.05, 0) is 17.2 Å². The molecule has 0 aliphatic carbocycles. The Balaban J connectivity index is 1.78. The zero-order valence-corrected chi connectivity index (χ0v) is 12.0. The second kappa shape index (κ2) is 8.56. The van der Waals surface area contributed by atoms with Gasteiger partial charge in [-0.3, -0.25) is 4.90 Å². The largest absolute Gasteiger partial charge is 0.478 e. The van der Waals surface area contributed by atoms with E-state index in [2.05, 4.69) is 4.90 Å². The topological polar surface area (TPSA) is 59.0 Å². The average molecular weight is 291 g/mol. The molecule has 0 amide bonds. The molecule has 0 bridgehead atoms. The molecule has 1 saturated heterocycles. The van der Waals surface area contributed by atoms with E-state index in [-0.39, 0.29) is 0 Å². The molecular formula is C16H21NO4. The normalized spacial score (nSPS) is 16.4. The molecule has 21 heavy (non-hydrogen) atoms. The Bertz CT molecular complexity index is 481. The molecule has 1 aromatic rings. The fourth-order valence-corrected chi connectivity index (χ4v) is 2.19. The van der Waals surface area contributed by atoms with Crippen LogP contribution >= 0.6 is 0 Å². The van der Waals surface area contributed by atoms with Crippen molar-refractivity contribution in [3.05, 3.63) is 41.5 Å². The summed E-state index contributed by atoms with van der Waals surface area (Å²) in [4.78, 5) is 12.9. The number of benzene rings is 1. The predicted molar refractivity (Wildman–Crippen MR) is 80.0 cm³/mol. The molecule has 114 valence electrons. The molecule has 1 aromatic carbocycles. The number of aliphatic carboxylic acids is 1. The van der Waals surface area contributed by atoms with Crippen LogP contribution in [0.2, 0.25) is 0 Å². The van der Waals surface area contributed by atoms with Crippen LogP contribution in [0.4, 0.5) is 0 Å². The standard InChI is InChI=1S/C16H21NO4/c18-16(19)6-5-14-3-1-2-4-15(14)13-21-12-9-17-7-10-20-11-8-17/h1-6H,7-13H2,(H,18,19). The number of carboxylic acids is 1. The number of ether oxygens (including phenoxy) is 2. The molecule has 1 aliphatic heterocycles. The molecule has 5 heteroatoms. The molecule has 2 rings (SSSR count). The molecule has 0 spiro atoms. The third kappa shape index (κ3) is 5.67. The minimum Gasteiger partial charge on any atom is -0.478 e. The van der Waals surface area contributed by atoms with E-state index < -0.39 is 5.97 Å². The highest BCUT2D eigenvalue weighted by molar-refractivity contribution is 5.85. The molecule has 1 aliphatic rings. The minimum absolute atomic E-state index is 0.491. The molecule has 0 aromatic heterocycles. The van der Waals surface area contributed by atoms with Crippen molar-refractivity contribution in [1.29, 1.82) is 0 Å². The number of hydrogen-bond donors (Lipinski definition) is 1. The number of rotatable bonds is 7. The summed E-state index contributed by atoms with van der Waals surface area (Å²) in [5.41, 5.74) is 1.88. The number of carboxylic acid groups (broad SMARTS) is 1. The summed E-state index contributed by atoms with van der Waals surface area (Å²) in [5.74, 6) is -0.946. The third-order valence-electron chi connectivity index (χ3n) is 3.37. The Morgan fingerprint density at radius 2 is 2.10 bits per heavy atom. The maximum Gasteiger partial charge on any atom is 0.328 e. The van der Waals surface area contributed by atoms with Crippen LogP contribution in [0.3, 0.4) is 0 Å². The quantitative estimate of drug-likeness (QED) is 0.611. The van der Waals surface area contributed by atoms with E-state index in [9.17, 15) is 4.79 Å². The highest BCUT2D eigenvalue weighted by Gasteiger charge is 2.09. The van der Waals surface area contributed by atoms with Gasteiger partial charge < -0.3 is 14.6 Å². The van der Waals surface area contributed by atoms with Crippen LogP contribution in [0, 0.1) is 0 Å². The maximum atomic E-state index is 10.6. The second-order valence-corrected chi connectivity index (χ2v) is 4.88. The monoisotopic (exact) mass is 291 g/mol. The van der Waals surface area contributed by atoms with Crippen LogP contribution in [-0.2, 0) is 20.9 Å². The first-order chi connectivity index (χ1) is 10.3. The van der Waals surface area contributed by atoms with E-state index in [0.717, 1.165) is 50.1 Å². The van der Waals surface area contributed by atoms with Crippen molar-refractivity contribution in [2.75, 3.05) is 39.5 Å². The Morgan fingerprint density at radius 1 is 1.33 bits per heavy atom. The van der Waals surface area contributed by atoms with Crippen molar-refractivity contribution in [3.63, 3.8) is 0 Å². The van der Waals surface area contributed by atoms with Crippen LogP contribution in [0.25, 0.3) is 6.08 Å². The zero-order valence-electron chi connectivity index (χ0n) is 12.0. The van der Waals surface area contributed by atoms with Gasteiger partial charge in [-0.15, -0.1) is 0 Å². The van der Waals surface area contributed by atoms with Crippen molar-refractivity contribution >= 4 is 12.0 Å². The Morgan fingerprint density at radius 3 is 2.86 bits per heavy atom. The molecule has 1 heterocycles. The highest BCUT2D eigenvalue weighted by Crippen LogP contribution is 2.12. The SMILES string of the molecule is O=C(O)C=Cc1ccccc1COCCN1CCOCC1. The summed E-state index contributed by atoms with van der Waals surface area (Å²) < 4.78 is 11.0. The van der Waals surface area contributed by atoms with Gasteiger partial charge in [-0.1, -0.05) is 24.3 Å². The Hall–Kier alpha value is -1.69. The van der Waals surface area contributed by atoms with Crippen LogP contribution < -0.4 is 0 Å².